The second-order valence-electron chi connectivity index (χ2n) is 5.09. The van der Waals surface area contributed by atoms with Crippen molar-refractivity contribution in [3.8, 4) is 0 Å². The van der Waals surface area contributed by atoms with Gasteiger partial charge in [-0.1, -0.05) is 67.1 Å². The Hall–Kier alpha value is -1.13. The highest BCUT2D eigenvalue weighted by Gasteiger charge is 2.10. The van der Waals surface area contributed by atoms with Crippen LogP contribution in [0.2, 0.25) is 0 Å². The summed E-state index contributed by atoms with van der Waals surface area (Å²) in [5.74, 6) is 0. The van der Waals surface area contributed by atoms with E-state index in [9.17, 15) is 0 Å². The van der Waals surface area contributed by atoms with Crippen LogP contribution < -0.4 is 0 Å². The van der Waals surface area contributed by atoms with Crippen LogP contribution in [0.5, 0.6) is 0 Å². The lowest BCUT2D eigenvalue weighted by atomic mass is 10.2. The summed E-state index contributed by atoms with van der Waals surface area (Å²) in [6.07, 6.45) is 7.11. The standard InChI is InChI=1S/C19H27ClO3/c1-3-5-9-17(4-2)12-21-14-19(23-16-20)15-22-13-18-10-7-6-8-11-18/h4-11,19H,3,12-16H2,1-2H3/b9-5-,17-4+. The molecule has 128 valence electrons. The molecule has 0 fully saturated rings. The first kappa shape index (κ1) is 19.9. The van der Waals surface area contributed by atoms with Gasteiger partial charge >= 0.3 is 0 Å². The largest absolute Gasteiger partial charge is 0.374 e. The van der Waals surface area contributed by atoms with Gasteiger partial charge in [-0.2, -0.15) is 0 Å². The maximum Gasteiger partial charge on any atom is 0.121 e. The zero-order chi connectivity index (χ0) is 16.8. The van der Waals surface area contributed by atoms with Gasteiger partial charge in [-0.3, -0.25) is 0 Å². The van der Waals surface area contributed by atoms with E-state index in [1.807, 2.05) is 37.3 Å². The molecule has 1 aromatic carbocycles. The number of ether oxygens (including phenoxy) is 3. The molecule has 0 bridgehead atoms. The van der Waals surface area contributed by atoms with Crippen molar-refractivity contribution in [1.29, 1.82) is 0 Å². The Bertz CT molecular complexity index is 457. The molecule has 0 heterocycles. The van der Waals surface area contributed by atoms with Crippen molar-refractivity contribution in [3.05, 3.63) is 59.7 Å². The van der Waals surface area contributed by atoms with E-state index in [4.69, 9.17) is 25.8 Å². The second-order valence-corrected chi connectivity index (χ2v) is 5.31. The Labute approximate surface area is 144 Å². The summed E-state index contributed by atoms with van der Waals surface area (Å²) in [6.45, 7) is 6.15. The zero-order valence-electron chi connectivity index (χ0n) is 14.0. The summed E-state index contributed by atoms with van der Waals surface area (Å²) >= 11 is 5.67. The zero-order valence-corrected chi connectivity index (χ0v) is 14.8. The summed E-state index contributed by atoms with van der Waals surface area (Å²) < 4.78 is 16.9. The van der Waals surface area contributed by atoms with E-state index in [1.165, 1.54) is 0 Å². The molecule has 1 rings (SSSR count). The number of hydrogen-bond donors (Lipinski definition) is 0. The molecule has 0 amide bonds. The first-order chi connectivity index (χ1) is 11.3. The maximum atomic E-state index is 5.72. The number of hydrogen-bond acceptors (Lipinski definition) is 3. The highest BCUT2D eigenvalue weighted by atomic mass is 35.5. The highest BCUT2D eigenvalue weighted by molar-refractivity contribution is 6.17. The quantitative estimate of drug-likeness (QED) is 0.408. The van der Waals surface area contributed by atoms with Crippen LogP contribution in [0.1, 0.15) is 25.8 Å². The smallest absolute Gasteiger partial charge is 0.121 e. The summed E-state index contributed by atoms with van der Waals surface area (Å²) in [4.78, 5) is 0. The van der Waals surface area contributed by atoms with Gasteiger partial charge in [-0.25, -0.2) is 0 Å². The van der Waals surface area contributed by atoms with Crippen molar-refractivity contribution in [2.75, 3.05) is 25.9 Å². The molecule has 23 heavy (non-hydrogen) atoms. The Morgan fingerprint density at radius 1 is 1.17 bits per heavy atom. The number of alkyl halides is 1. The van der Waals surface area contributed by atoms with Gasteiger partial charge in [-0.15, -0.1) is 0 Å². The average molecular weight is 339 g/mol. The Balaban J connectivity index is 2.29. The molecule has 1 aromatic rings. The van der Waals surface area contributed by atoms with Crippen LogP contribution in [0.15, 0.2) is 54.1 Å². The van der Waals surface area contributed by atoms with Gasteiger partial charge in [0.05, 0.1) is 26.4 Å². The van der Waals surface area contributed by atoms with Crippen molar-refractivity contribution < 1.29 is 14.2 Å². The summed E-state index contributed by atoms with van der Waals surface area (Å²) in [7, 11) is 0. The van der Waals surface area contributed by atoms with Gasteiger partial charge in [0.15, 0.2) is 0 Å². The van der Waals surface area contributed by atoms with Crippen molar-refractivity contribution in [1.82, 2.24) is 0 Å². The molecule has 0 aromatic heterocycles. The summed E-state index contributed by atoms with van der Waals surface area (Å²) in [5.41, 5.74) is 2.29. The normalized spacial score (nSPS) is 13.6. The van der Waals surface area contributed by atoms with Crippen molar-refractivity contribution in [2.24, 2.45) is 0 Å². The second kappa shape index (κ2) is 13.3. The van der Waals surface area contributed by atoms with E-state index < -0.39 is 0 Å². The molecule has 4 heteroatoms. The van der Waals surface area contributed by atoms with E-state index in [0.29, 0.717) is 26.4 Å². The third-order valence-corrected chi connectivity index (χ3v) is 3.35. The van der Waals surface area contributed by atoms with Crippen LogP contribution in [0.4, 0.5) is 0 Å². The number of rotatable bonds is 12. The van der Waals surface area contributed by atoms with Crippen molar-refractivity contribution in [3.63, 3.8) is 0 Å². The van der Waals surface area contributed by atoms with Gasteiger partial charge in [0, 0.05) is 0 Å². The number of benzene rings is 1. The molecule has 3 nitrogen and oxygen atoms in total. The minimum absolute atomic E-state index is 0.134. The Morgan fingerprint density at radius 2 is 1.91 bits per heavy atom. The van der Waals surface area contributed by atoms with Crippen molar-refractivity contribution >= 4 is 11.6 Å². The number of allylic oxidation sites excluding steroid dienone is 2. The minimum atomic E-state index is -0.163. The minimum Gasteiger partial charge on any atom is -0.374 e. The molecule has 1 atom stereocenters. The maximum absolute atomic E-state index is 5.72. The van der Waals surface area contributed by atoms with Crippen LogP contribution in [0, 0.1) is 0 Å². The van der Waals surface area contributed by atoms with Crippen LogP contribution in [0.25, 0.3) is 0 Å². The van der Waals surface area contributed by atoms with Crippen molar-refractivity contribution in [2.45, 2.75) is 33.0 Å². The fourth-order valence-corrected chi connectivity index (χ4v) is 2.10. The third kappa shape index (κ3) is 9.57. The molecule has 0 N–H and O–H groups in total. The topological polar surface area (TPSA) is 27.7 Å². The molecule has 0 aliphatic heterocycles. The van der Waals surface area contributed by atoms with E-state index in [0.717, 1.165) is 17.6 Å². The third-order valence-electron chi connectivity index (χ3n) is 3.22. The molecule has 0 saturated carbocycles. The molecule has 0 radical (unpaired) electrons. The van der Waals surface area contributed by atoms with E-state index in [2.05, 4.69) is 25.2 Å². The Morgan fingerprint density at radius 3 is 2.57 bits per heavy atom. The van der Waals surface area contributed by atoms with Gasteiger partial charge in [0.2, 0.25) is 0 Å². The molecule has 0 aliphatic carbocycles. The highest BCUT2D eigenvalue weighted by Crippen LogP contribution is 2.05. The van der Waals surface area contributed by atoms with E-state index in [1.54, 1.807) is 0 Å². The summed E-state index contributed by atoms with van der Waals surface area (Å²) in [5, 5.41) is 0. The first-order valence-electron chi connectivity index (χ1n) is 7.98. The predicted octanol–water partition coefficient (Wildman–Crippen LogP) is 4.71. The molecule has 0 spiro atoms. The molecular formula is C19H27ClO3. The first-order valence-corrected chi connectivity index (χ1v) is 8.52. The van der Waals surface area contributed by atoms with Crippen LogP contribution in [-0.2, 0) is 20.8 Å². The van der Waals surface area contributed by atoms with Gasteiger partial charge in [-0.05, 0) is 24.5 Å². The monoisotopic (exact) mass is 338 g/mol. The lowest BCUT2D eigenvalue weighted by molar-refractivity contribution is -0.0468. The van der Waals surface area contributed by atoms with E-state index >= 15 is 0 Å². The molecule has 0 aliphatic rings. The lowest BCUT2D eigenvalue weighted by Crippen LogP contribution is -2.25. The average Bonchev–Trinajstić information content (AvgIpc) is 2.58. The lowest BCUT2D eigenvalue weighted by Gasteiger charge is -2.17. The Kier molecular flexibility index (Phi) is 11.5. The fraction of sp³-hybridized carbons (Fsp3) is 0.474. The van der Waals surface area contributed by atoms with Gasteiger partial charge in [0.1, 0.15) is 12.2 Å². The molecule has 1 unspecified atom stereocenters. The SMILES string of the molecule is C/C=C(\C=C/CC)COCC(COCc1ccccc1)OCCl. The van der Waals surface area contributed by atoms with Crippen LogP contribution in [-0.4, -0.2) is 32.0 Å². The fourth-order valence-electron chi connectivity index (χ4n) is 1.92. The van der Waals surface area contributed by atoms with E-state index in [-0.39, 0.29) is 12.2 Å². The van der Waals surface area contributed by atoms with Crippen LogP contribution in [0.3, 0.4) is 0 Å². The van der Waals surface area contributed by atoms with Gasteiger partial charge in [0.25, 0.3) is 0 Å². The molecular weight excluding hydrogens is 312 g/mol. The van der Waals surface area contributed by atoms with Crippen LogP contribution >= 0.6 is 11.6 Å². The summed E-state index contributed by atoms with van der Waals surface area (Å²) in [6, 6.07) is 10.2. The van der Waals surface area contributed by atoms with Gasteiger partial charge < -0.3 is 14.2 Å². The molecule has 0 saturated heterocycles. The number of halogens is 1. The predicted molar refractivity (Wildman–Crippen MR) is 95.7 cm³/mol.